The lowest BCUT2D eigenvalue weighted by atomic mass is 9.96. The maximum absolute atomic E-state index is 12.2. The smallest absolute Gasteiger partial charge is 0.325 e. The van der Waals surface area contributed by atoms with E-state index in [1.807, 2.05) is 0 Å². The van der Waals surface area contributed by atoms with Crippen molar-refractivity contribution in [3.8, 4) is 0 Å². The van der Waals surface area contributed by atoms with Crippen molar-refractivity contribution in [2.75, 3.05) is 13.2 Å². The van der Waals surface area contributed by atoms with Gasteiger partial charge in [0, 0.05) is 27.7 Å². The van der Waals surface area contributed by atoms with Crippen LogP contribution in [-0.2, 0) is 52.4 Å². The first-order valence-corrected chi connectivity index (χ1v) is 10.6. The van der Waals surface area contributed by atoms with Crippen LogP contribution in [0.5, 0.6) is 0 Å². The molecular formula is C21H34N2O11. The van der Waals surface area contributed by atoms with E-state index in [1.54, 1.807) is 20.8 Å². The largest absolute Gasteiger partial charge is 0.463 e. The van der Waals surface area contributed by atoms with Crippen LogP contribution in [0.25, 0.3) is 0 Å². The highest BCUT2D eigenvalue weighted by molar-refractivity contribution is 5.76. The third kappa shape index (κ3) is 10.0. The van der Waals surface area contributed by atoms with Crippen molar-refractivity contribution in [2.45, 2.75) is 90.8 Å². The van der Waals surface area contributed by atoms with Crippen LogP contribution in [0.1, 0.15) is 48.5 Å². The molecule has 0 radical (unpaired) electrons. The fourth-order valence-electron chi connectivity index (χ4n) is 3.08. The normalized spacial score (nSPS) is 25.5. The number of carbonyl (C=O) groups is 5. The van der Waals surface area contributed by atoms with Gasteiger partial charge in [-0.1, -0.05) is 0 Å². The summed E-state index contributed by atoms with van der Waals surface area (Å²) >= 11 is 0. The van der Waals surface area contributed by atoms with Gasteiger partial charge in [-0.25, -0.2) is 0 Å². The van der Waals surface area contributed by atoms with Gasteiger partial charge in [-0.05, 0) is 20.8 Å². The molecule has 1 saturated heterocycles. The van der Waals surface area contributed by atoms with Crippen molar-refractivity contribution < 1.29 is 52.4 Å². The SMILES string of the molecule is CC(=O)N[C@H]1[C@@H](OC[C@H](N)C(=O)OC(C)(C)C)O[C@H](COC(C)=O)[C@H](OC(C)=O)[C@@H]1OC(C)=O. The predicted molar refractivity (Wildman–Crippen MR) is 114 cm³/mol. The summed E-state index contributed by atoms with van der Waals surface area (Å²) in [6.45, 7) is 8.89. The molecule has 13 heteroatoms. The fourth-order valence-corrected chi connectivity index (χ4v) is 3.08. The average molecular weight is 491 g/mol. The summed E-state index contributed by atoms with van der Waals surface area (Å²) in [6.07, 6.45) is -4.99. The Morgan fingerprint density at radius 3 is 1.97 bits per heavy atom. The van der Waals surface area contributed by atoms with Crippen LogP contribution >= 0.6 is 0 Å². The van der Waals surface area contributed by atoms with E-state index in [4.69, 9.17) is 34.2 Å². The predicted octanol–water partition coefficient (Wildman–Crippen LogP) is -0.672. The molecule has 1 heterocycles. The van der Waals surface area contributed by atoms with Crippen LogP contribution in [0.4, 0.5) is 0 Å². The molecule has 13 nitrogen and oxygen atoms in total. The highest BCUT2D eigenvalue weighted by atomic mass is 16.7. The zero-order valence-electron chi connectivity index (χ0n) is 20.4. The second-order valence-electron chi connectivity index (χ2n) is 8.69. The monoisotopic (exact) mass is 490 g/mol. The van der Waals surface area contributed by atoms with Crippen LogP contribution in [-0.4, -0.2) is 85.3 Å². The number of rotatable bonds is 9. The molecule has 1 aliphatic rings. The first kappa shape index (κ1) is 29.3. The van der Waals surface area contributed by atoms with Crippen LogP contribution in [0.15, 0.2) is 0 Å². The van der Waals surface area contributed by atoms with Crippen molar-refractivity contribution in [3.63, 3.8) is 0 Å². The minimum Gasteiger partial charge on any atom is -0.463 e. The molecule has 0 aromatic rings. The van der Waals surface area contributed by atoms with Crippen molar-refractivity contribution in [1.82, 2.24) is 5.32 Å². The van der Waals surface area contributed by atoms with Gasteiger partial charge in [0.05, 0.1) is 6.61 Å². The lowest BCUT2D eigenvalue weighted by molar-refractivity contribution is -0.278. The average Bonchev–Trinajstić information content (AvgIpc) is 2.65. The summed E-state index contributed by atoms with van der Waals surface area (Å²) in [5.74, 6) is -3.37. The zero-order chi connectivity index (χ0) is 26.2. The number of ether oxygens (including phenoxy) is 6. The van der Waals surface area contributed by atoms with Crippen molar-refractivity contribution >= 4 is 29.8 Å². The molecule has 0 bridgehead atoms. The molecule has 34 heavy (non-hydrogen) atoms. The zero-order valence-corrected chi connectivity index (χ0v) is 20.4. The molecule has 194 valence electrons. The van der Waals surface area contributed by atoms with Crippen molar-refractivity contribution in [3.05, 3.63) is 0 Å². The third-order valence-corrected chi connectivity index (χ3v) is 4.22. The van der Waals surface area contributed by atoms with Gasteiger partial charge in [-0.3, -0.25) is 24.0 Å². The second-order valence-corrected chi connectivity index (χ2v) is 8.69. The van der Waals surface area contributed by atoms with Gasteiger partial charge in [0.25, 0.3) is 0 Å². The minimum atomic E-state index is -1.32. The Kier molecular flexibility index (Phi) is 10.9. The second kappa shape index (κ2) is 12.6. The molecule has 6 atom stereocenters. The fraction of sp³-hybridized carbons (Fsp3) is 0.762. The maximum atomic E-state index is 12.2. The first-order valence-electron chi connectivity index (χ1n) is 10.6. The van der Waals surface area contributed by atoms with Crippen LogP contribution < -0.4 is 11.1 Å². The summed E-state index contributed by atoms with van der Waals surface area (Å²) in [7, 11) is 0. The first-order chi connectivity index (χ1) is 15.6. The molecule has 1 amide bonds. The van der Waals surface area contributed by atoms with Gasteiger partial charge in [-0.2, -0.15) is 0 Å². The summed E-state index contributed by atoms with van der Waals surface area (Å²) in [4.78, 5) is 59.0. The summed E-state index contributed by atoms with van der Waals surface area (Å²) in [5, 5.41) is 2.54. The number of nitrogens with one attached hydrogen (secondary N) is 1. The molecule has 0 saturated carbocycles. The Morgan fingerprint density at radius 2 is 1.50 bits per heavy atom. The Balaban J connectivity index is 3.22. The standard InChI is InChI=1S/C21H34N2O11/c1-10(24)23-16-18(32-13(4)27)17(31-12(3)26)15(9-29-11(2)25)33-20(16)30-8-14(22)19(28)34-21(5,6)7/h14-18,20H,8-9,22H2,1-7H3,(H,23,24)/t14-,15+,16+,17-,18+,20-/m0/s1. The highest BCUT2D eigenvalue weighted by Gasteiger charge is 2.51. The molecule has 1 aliphatic heterocycles. The van der Waals surface area contributed by atoms with E-state index < -0.39 is 72.1 Å². The van der Waals surface area contributed by atoms with E-state index in [-0.39, 0.29) is 13.2 Å². The molecule has 0 aromatic heterocycles. The molecule has 3 N–H and O–H groups in total. The van der Waals surface area contributed by atoms with E-state index in [9.17, 15) is 24.0 Å². The van der Waals surface area contributed by atoms with Crippen molar-refractivity contribution in [2.24, 2.45) is 5.73 Å². The van der Waals surface area contributed by atoms with E-state index in [0.29, 0.717) is 0 Å². The van der Waals surface area contributed by atoms with Gasteiger partial charge in [0.1, 0.15) is 30.4 Å². The molecule has 0 spiro atoms. The number of hydrogen-bond acceptors (Lipinski definition) is 12. The Bertz CT molecular complexity index is 764. The van der Waals surface area contributed by atoms with Crippen LogP contribution in [0.3, 0.4) is 0 Å². The molecule has 0 aliphatic carbocycles. The van der Waals surface area contributed by atoms with Crippen LogP contribution in [0.2, 0.25) is 0 Å². The van der Waals surface area contributed by atoms with Gasteiger partial charge in [0.15, 0.2) is 18.5 Å². The molecule has 1 rings (SSSR count). The molecular weight excluding hydrogens is 456 g/mol. The van der Waals surface area contributed by atoms with Gasteiger partial charge < -0.3 is 39.5 Å². The Labute approximate surface area is 197 Å². The van der Waals surface area contributed by atoms with E-state index in [1.165, 1.54) is 13.8 Å². The summed E-state index contributed by atoms with van der Waals surface area (Å²) in [5.41, 5.74) is 5.09. The molecule has 0 aromatic carbocycles. The maximum Gasteiger partial charge on any atom is 0.325 e. The van der Waals surface area contributed by atoms with Gasteiger partial charge in [-0.15, -0.1) is 0 Å². The molecule has 0 unspecified atom stereocenters. The number of carbonyl (C=O) groups excluding carboxylic acids is 5. The summed E-state index contributed by atoms with van der Waals surface area (Å²) < 4.78 is 32.3. The number of hydrogen-bond donors (Lipinski definition) is 2. The van der Waals surface area contributed by atoms with E-state index >= 15 is 0 Å². The van der Waals surface area contributed by atoms with Crippen molar-refractivity contribution in [1.29, 1.82) is 0 Å². The van der Waals surface area contributed by atoms with E-state index in [2.05, 4.69) is 5.32 Å². The molecule has 1 fully saturated rings. The van der Waals surface area contributed by atoms with Crippen LogP contribution in [0, 0.1) is 0 Å². The quantitative estimate of drug-likeness (QED) is 0.308. The van der Waals surface area contributed by atoms with Gasteiger partial charge >= 0.3 is 23.9 Å². The lowest BCUT2D eigenvalue weighted by Crippen LogP contribution is -2.67. The third-order valence-electron chi connectivity index (χ3n) is 4.22. The number of nitrogens with two attached hydrogens (primary N) is 1. The Hall–Kier alpha value is -2.77. The number of amides is 1. The summed E-state index contributed by atoms with van der Waals surface area (Å²) in [6, 6.07) is -2.36. The minimum absolute atomic E-state index is 0.379. The number of esters is 4. The highest BCUT2D eigenvalue weighted by Crippen LogP contribution is 2.28. The van der Waals surface area contributed by atoms with E-state index in [0.717, 1.165) is 13.8 Å². The lowest BCUT2D eigenvalue weighted by Gasteiger charge is -2.45. The van der Waals surface area contributed by atoms with Gasteiger partial charge in [0.2, 0.25) is 5.91 Å². The Morgan fingerprint density at radius 1 is 0.941 bits per heavy atom. The topological polar surface area (TPSA) is 179 Å².